The predicted molar refractivity (Wildman–Crippen MR) is 149 cm³/mol. The average molecular weight is 555 g/mol. The molecule has 1 saturated heterocycles. The number of nitrogens with two attached hydrogens (primary N) is 1. The summed E-state index contributed by atoms with van der Waals surface area (Å²) < 4.78 is 11.0. The van der Waals surface area contributed by atoms with Crippen LogP contribution in [-0.2, 0) is 36.8 Å². The highest BCUT2D eigenvalue weighted by atomic mass is 16.6. The molecule has 3 aliphatic heterocycles. The third-order valence-corrected chi connectivity index (χ3v) is 7.88. The van der Waals surface area contributed by atoms with Crippen molar-refractivity contribution < 1.29 is 28.7 Å². The maximum absolute atomic E-state index is 13.5. The van der Waals surface area contributed by atoms with E-state index in [2.05, 4.69) is 17.5 Å². The number of nitrogens with zero attached hydrogens (tertiary/aromatic N) is 2. The average Bonchev–Trinajstić information content (AvgIpc) is 3.38. The van der Waals surface area contributed by atoms with Gasteiger partial charge in [0.2, 0.25) is 6.04 Å². The van der Waals surface area contributed by atoms with Gasteiger partial charge in [-0.15, -0.1) is 0 Å². The number of benzene rings is 1. The number of fused-ring (bicyclic) bond motifs is 2. The van der Waals surface area contributed by atoms with Gasteiger partial charge in [0.25, 0.3) is 5.91 Å². The van der Waals surface area contributed by atoms with E-state index < -0.39 is 42.2 Å². The summed E-state index contributed by atoms with van der Waals surface area (Å²) >= 11 is 0. The highest BCUT2D eigenvalue weighted by Gasteiger charge is 2.53. The minimum atomic E-state index is -0.904. The molecule has 1 aromatic carbocycles. The van der Waals surface area contributed by atoms with E-state index in [0.717, 1.165) is 37.7 Å². The number of hydrogen-bond donors (Lipinski definition) is 2. The molecule has 10 nitrogen and oxygen atoms in total. The lowest BCUT2D eigenvalue weighted by atomic mass is 10.0. The topological polar surface area (TPSA) is 134 Å². The van der Waals surface area contributed by atoms with Crippen LogP contribution in [0.2, 0.25) is 0 Å². The van der Waals surface area contributed by atoms with E-state index in [0.29, 0.717) is 32.4 Å². The van der Waals surface area contributed by atoms with E-state index in [4.69, 9.17) is 15.2 Å². The fourth-order valence-corrected chi connectivity index (χ4v) is 5.64. The maximum Gasteiger partial charge on any atom is 0.410 e. The molecule has 3 N–H and O–H groups in total. The minimum Gasteiger partial charge on any atom is -0.464 e. The summed E-state index contributed by atoms with van der Waals surface area (Å²) in [5.41, 5.74) is 8.59. The van der Waals surface area contributed by atoms with Crippen molar-refractivity contribution >= 4 is 23.9 Å². The van der Waals surface area contributed by atoms with Gasteiger partial charge < -0.3 is 25.4 Å². The Labute approximate surface area is 236 Å². The number of amides is 3. The summed E-state index contributed by atoms with van der Waals surface area (Å²) in [6.45, 7) is 2.98. The highest BCUT2D eigenvalue weighted by Crippen LogP contribution is 2.24. The van der Waals surface area contributed by atoms with Gasteiger partial charge in [-0.2, -0.15) is 0 Å². The summed E-state index contributed by atoms with van der Waals surface area (Å²) in [6.07, 6.45) is 9.01. The van der Waals surface area contributed by atoms with E-state index in [1.54, 1.807) is 11.8 Å². The fourth-order valence-electron chi connectivity index (χ4n) is 5.64. The molecular weight excluding hydrogens is 512 g/mol. The SMILES string of the molecule is CCOC(=O)C1CCC=CCCCCCC(N)C(=O)[N+]2CC(OC(=O)N3CCc4ccccc4C3)CC2C(=O)N1. The van der Waals surface area contributed by atoms with Gasteiger partial charge in [0.05, 0.1) is 13.0 Å². The summed E-state index contributed by atoms with van der Waals surface area (Å²) in [5.74, 6) is -1.32. The number of esters is 1. The van der Waals surface area contributed by atoms with Crippen LogP contribution in [0.25, 0.3) is 0 Å². The number of carbonyl (C=O) groups is 4. The first-order valence-electron chi connectivity index (χ1n) is 14.6. The maximum atomic E-state index is 13.5. The number of carbonyl (C=O) groups excluding carboxylic acids is 4. The molecule has 0 aromatic heterocycles. The Morgan fingerprint density at radius 3 is 2.65 bits per heavy atom. The molecule has 0 bridgehead atoms. The van der Waals surface area contributed by atoms with Crippen LogP contribution in [0.1, 0.15) is 69.4 Å². The Morgan fingerprint density at radius 1 is 1.07 bits per heavy atom. The van der Waals surface area contributed by atoms with Crippen molar-refractivity contribution in [3.63, 3.8) is 0 Å². The van der Waals surface area contributed by atoms with Crippen molar-refractivity contribution in [1.82, 2.24) is 15.1 Å². The summed E-state index contributed by atoms with van der Waals surface area (Å²) in [6, 6.07) is 5.50. The zero-order valence-corrected chi connectivity index (χ0v) is 23.4. The second-order valence-corrected chi connectivity index (χ2v) is 10.8. The highest BCUT2D eigenvalue weighted by molar-refractivity contribution is 5.94. The molecule has 217 valence electrons. The van der Waals surface area contributed by atoms with Crippen molar-refractivity contribution in [1.29, 1.82) is 0 Å². The molecule has 1 aromatic rings. The molecule has 0 aliphatic carbocycles. The summed E-state index contributed by atoms with van der Waals surface area (Å²) in [4.78, 5) is 55.7. The first-order chi connectivity index (χ1) is 19.4. The number of allylic oxidation sites excluding steroid dienone is 2. The summed E-state index contributed by atoms with van der Waals surface area (Å²) in [7, 11) is 0. The third kappa shape index (κ3) is 7.69. The Morgan fingerprint density at radius 2 is 1.85 bits per heavy atom. The number of rotatable bonds is 3. The van der Waals surface area contributed by atoms with Crippen molar-refractivity contribution in [2.45, 2.75) is 95.5 Å². The summed E-state index contributed by atoms with van der Waals surface area (Å²) in [5, 5.41) is 2.81. The molecule has 3 heterocycles. The number of hydrogen-bond acceptors (Lipinski definition) is 7. The number of nitrogens with one attached hydrogen (secondary N) is 1. The lowest BCUT2D eigenvalue weighted by Gasteiger charge is -2.28. The van der Waals surface area contributed by atoms with Crippen LogP contribution in [0.4, 0.5) is 4.79 Å². The van der Waals surface area contributed by atoms with Gasteiger partial charge in [0, 0.05) is 13.1 Å². The largest absolute Gasteiger partial charge is 0.464 e. The van der Waals surface area contributed by atoms with Crippen molar-refractivity contribution in [3.05, 3.63) is 47.5 Å². The van der Waals surface area contributed by atoms with Crippen LogP contribution in [0.3, 0.4) is 0 Å². The molecule has 0 saturated carbocycles. The molecule has 4 unspecified atom stereocenters. The van der Waals surface area contributed by atoms with Crippen molar-refractivity contribution in [3.8, 4) is 0 Å². The third-order valence-electron chi connectivity index (χ3n) is 7.88. The quantitative estimate of drug-likeness (QED) is 0.333. The first kappa shape index (κ1) is 29.7. The van der Waals surface area contributed by atoms with E-state index in [9.17, 15) is 19.2 Å². The Kier molecular flexibility index (Phi) is 10.7. The van der Waals surface area contributed by atoms with Gasteiger partial charge in [0.15, 0.2) is 12.6 Å². The van der Waals surface area contributed by atoms with Gasteiger partial charge in [-0.3, -0.25) is 4.79 Å². The van der Waals surface area contributed by atoms with E-state index >= 15 is 0 Å². The fraction of sp³-hybridized carbons (Fsp3) is 0.600. The molecule has 0 spiro atoms. The molecule has 4 atom stereocenters. The van der Waals surface area contributed by atoms with Gasteiger partial charge in [0.1, 0.15) is 12.1 Å². The normalized spacial score (nSPS) is 26.9. The molecule has 40 heavy (non-hydrogen) atoms. The van der Waals surface area contributed by atoms with Crippen molar-refractivity contribution in [2.75, 3.05) is 19.7 Å². The van der Waals surface area contributed by atoms with Crippen LogP contribution in [0, 0.1) is 0 Å². The van der Waals surface area contributed by atoms with Gasteiger partial charge in [-0.05, 0) is 56.6 Å². The lowest BCUT2D eigenvalue weighted by molar-refractivity contribution is -0.148. The molecule has 3 amide bonds. The molecule has 4 rings (SSSR count). The molecule has 10 heteroatoms. The van der Waals surface area contributed by atoms with Gasteiger partial charge in [-0.25, -0.2) is 14.4 Å². The van der Waals surface area contributed by atoms with E-state index in [-0.39, 0.29) is 25.5 Å². The lowest BCUT2D eigenvalue weighted by Crippen LogP contribution is -2.57. The molecule has 1 fully saturated rings. The monoisotopic (exact) mass is 554 g/mol. The Bertz CT molecular complexity index is 1090. The second kappa shape index (κ2) is 14.4. The minimum absolute atomic E-state index is 0.0770. The van der Waals surface area contributed by atoms with Gasteiger partial charge >= 0.3 is 18.0 Å². The zero-order valence-electron chi connectivity index (χ0n) is 23.4. The molecule has 1 radical (unpaired) electrons. The number of ether oxygens (including phenoxy) is 2. The van der Waals surface area contributed by atoms with Gasteiger partial charge in [-0.1, -0.05) is 54.2 Å². The zero-order chi connectivity index (χ0) is 28.5. The van der Waals surface area contributed by atoms with Crippen molar-refractivity contribution in [2.24, 2.45) is 5.73 Å². The van der Waals surface area contributed by atoms with E-state index in [1.807, 2.05) is 24.3 Å². The van der Waals surface area contributed by atoms with Crippen LogP contribution < -0.4 is 16.0 Å². The molecular formula is C30H42N4O6+. The molecule has 3 aliphatic rings. The van der Waals surface area contributed by atoms with Crippen LogP contribution in [0.15, 0.2) is 36.4 Å². The van der Waals surface area contributed by atoms with Crippen LogP contribution in [0.5, 0.6) is 0 Å². The second-order valence-electron chi connectivity index (χ2n) is 10.8. The van der Waals surface area contributed by atoms with Crippen LogP contribution in [-0.4, -0.2) is 72.7 Å². The predicted octanol–water partition coefficient (Wildman–Crippen LogP) is 2.66. The Balaban J connectivity index is 1.48. The van der Waals surface area contributed by atoms with E-state index in [1.165, 1.54) is 10.5 Å². The van der Waals surface area contributed by atoms with Crippen LogP contribution >= 0.6 is 0 Å². The smallest absolute Gasteiger partial charge is 0.410 e. The standard InChI is InChI=1S/C30H42N4O6/c1-2-39-29(37)25-15-9-7-5-3-4-6-8-14-24(31)28(36)34-20-23(18-26(34)27(35)32-25)40-30(38)33-17-16-21-12-10-11-13-22(21)19-33/h5,7,10-13,23-26H,2-4,6,8-9,14-20,31H2,1H3,(H,32,35)/q+1. The first-order valence-corrected chi connectivity index (χ1v) is 14.6. The Hall–Kier alpha value is -3.24.